The number of fused-ring (bicyclic) bond motifs is 2. The molecule has 0 aliphatic carbocycles. The van der Waals surface area contributed by atoms with Crippen LogP contribution < -0.4 is 0 Å². The Hall–Kier alpha value is -2.79. The third kappa shape index (κ3) is 2.34. The Balaban J connectivity index is 2.00. The molecule has 0 atom stereocenters. The summed E-state index contributed by atoms with van der Waals surface area (Å²) < 4.78 is 1.55. The smallest absolute Gasteiger partial charge is 0.265 e. The molecule has 0 radical (unpaired) electrons. The molecule has 0 saturated carbocycles. The van der Waals surface area contributed by atoms with Crippen LogP contribution in [0, 0.1) is 0 Å². The predicted octanol–water partition coefficient (Wildman–Crippen LogP) is 3.88. The largest absolute Gasteiger partial charge is 0.268 e. The maximum absolute atomic E-state index is 12.9. The number of imidazole rings is 1. The summed E-state index contributed by atoms with van der Waals surface area (Å²) in [7, 11) is 0. The fourth-order valence-corrected chi connectivity index (χ4v) is 2.86. The van der Waals surface area contributed by atoms with Gasteiger partial charge in [0.05, 0.1) is 11.0 Å². The number of aryl methyl sites for hydroxylation is 1. The first-order valence-electron chi connectivity index (χ1n) is 7.61. The zero-order valence-corrected chi connectivity index (χ0v) is 13.7. The van der Waals surface area contributed by atoms with Gasteiger partial charge in [0.15, 0.2) is 11.3 Å². The van der Waals surface area contributed by atoms with Gasteiger partial charge < -0.3 is 0 Å². The highest BCUT2D eigenvalue weighted by Gasteiger charge is 2.19. The van der Waals surface area contributed by atoms with Gasteiger partial charge in [-0.15, -0.1) is 0 Å². The van der Waals surface area contributed by atoms with Gasteiger partial charge >= 0.3 is 0 Å². The van der Waals surface area contributed by atoms with E-state index < -0.39 is 0 Å². The molecule has 2 heterocycles. The average Bonchev–Trinajstić information content (AvgIpc) is 2.97. The fourth-order valence-electron chi connectivity index (χ4n) is 2.69. The van der Waals surface area contributed by atoms with E-state index in [1.807, 2.05) is 25.1 Å². The van der Waals surface area contributed by atoms with E-state index in [1.165, 1.54) is 0 Å². The normalized spacial score (nSPS) is 11.2. The van der Waals surface area contributed by atoms with Crippen LogP contribution >= 0.6 is 11.6 Å². The van der Waals surface area contributed by atoms with Crippen LogP contribution in [0.3, 0.4) is 0 Å². The van der Waals surface area contributed by atoms with Gasteiger partial charge in [-0.25, -0.2) is 19.5 Å². The van der Waals surface area contributed by atoms with Gasteiger partial charge in [0, 0.05) is 17.0 Å². The molecule has 2 aromatic carbocycles. The fraction of sp³-hybridized carbons (Fsp3) is 0.111. The lowest BCUT2D eigenvalue weighted by atomic mass is 10.2. The minimum atomic E-state index is -0.155. The minimum Gasteiger partial charge on any atom is -0.268 e. The van der Waals surface area contributed by atoms with Gasteiger partial charge in [-0.1, -0.05) is 36.7 Å². The van der Waals surface area contributed by atoms with Crippen LogP contribution in [0.25, 0.3) is 22.3 Å². The van der Waals surface area contributed by atoms with Crippen molar-refractivity contribution >= 4 is 39.8 Å². The van der Waals surface area contributed by atoms with Crippen LogP contribution in [-0.4, -0.2) is 25.4 Å². The van der Waals surface area contributed by atoms with E-state index in [0.717, 1.165) is 0 Å². The molecule has 0 aliphatic heterocycles. The Morgan fingerprint density at radius 3 is 2.58 bits per heavy atom. The summed E-state index contributed by atoms with van der Waals surface area (Å²) in [6, 6.07) is 14.4. The highest BCUT2D eigenvalue weighted by atomic mass is 35.5. The number of carbonyl (C=O) groups excluding carboxylic acids is 1. The number of benzene rings is 2. The second-order valence-electron chi connectivity index (χ2n) is 5.39. The first-order chi connectivity index (χ1) is 11.7. The first-order valence-corrected chi connectivity index (χ1v) is 7.99. The summed E-state index contributed by atoms with van der Waals surface area (Å²) in [5.41, 5.74) is 2.84. The lowest BCUT2D eigenvalue weighted by Crippen LogP contribution is -2.15. The van der Waals surface area contributed by atoms with E-state index in [4.69, 9.17) is 11.6 Å². The molecule has 6 heteroatoms. The van der Waals surface area contributed by atoms with Crippen molar-refractivity contribution in [1.29, 1.82) is 0 Å². The molecule has 0 spiro atoms. The first kappa shape index (κ1) is 14.8. The zero-order valence-electron chi connectivity index (χ0n) is 12.9. The Kier molecular flexibility index (Phi) is 3.50. The van der Waals surface area contributed by atoms with Crippen molar-refractivity contribution in [3.05, 3.63) is 64.9 Å². The third-order valence-corrected chi connectivity index (χ3v) is 4.07. The van der Waals surface area contributed by atoms with Crippen molar-refractivity contribution in [2.24, 2.45) is 0 Å². The summed E-state index contributed by atoms with van der Waals surface area (Å²) in [5.74, 6) is 0.484. The van der Waals surface area contributed by atoms with Crippen LogP contribution in [0.4, 0.5) is 0 Å². The Morgan fingerprint density at radius 1 is 1.04 bits per heavy atom. The average molecular weight is 337 g/mol. The maximum Gasteiger partial charge on any atom is 0.265 e. The molecule has 5 nitrogen and oxygen atoms in total. The van der Waals surface area contributed by atoms with Gasteiger partial charge in [0.1, 0.15) is 5.82 Å². The number of carbonyl (C=O) groups is 1. The molecule has 4 rings (SSSR count). The molecule has 0 amide bonds. The number of nitrogens with zero attached hydrogens (tertiary/aromatic N) is 4. The summed E-state index contributed by atoms with van der Waals surface area (Å²) >= 11 is 6.02. The van der Waals surface area contributed by atoms with E-state index >= 15 is 0 Å². The Morgan fingerprint density at radius 2 is 1.83 bits per heavy atom. The summed E-state index contributed by atoms with van der Waals surface area (Å²) in [4.78, 5) is 26.5. The second-order valence-corrected chi connectivity index (χ2v) is 5.83. The minimum absolute atomic E-state index is 0.155. The van der Waals surface area contributed by atoms with Crippen molar-refractivity contribution in [1.82, 2.24) is 19.5 Å². The van der Waals surface area contributed by atoms with Crippen molar-refractivity contribution in [3.63, 3.8) is 0 Å². The molecule has 118 valence electrons. The summed E-state index contributed by atoms with van der Waals surface area (Å²) in [6.07, 6.45) is 0.605. The number of hydrogen-bond donors (Lipinski definition) is 0. The van der Waals surface area contributed by atoms with Crippen LogP contribution in [0.15, 0.2) is 48.5 Å². The van der Waals surface area contributed by atoms with Gasteiger partial charge in [-0.2, -0.15) is 0 Å². The molecule has 0 bridgehead atoms. The Bertz CT molecular complexity index is 1070. The molecule has 4 aromatic rings. The molecule has 0 saturated heterocycles. The van der Waals surface area contributed by atoms with Crippen molar-refractivity contribution in [2.45, 2.75) is 13.3 Å². The highest BCUT2D eigenvalue weighted by Crippen LogP contribution is 2.21. The molecule has 24 heavy (non-hydrogen) atoms. The van der Waals surface area contributed by atoms with Crippen molar-refractivity contribution < 1.29 is 4.79 Å². The van der Waals surface area contributed by atoms with Crippen LogP contribution in [0.1, 0.15) is 23.1 Å². The standard InChI is InChI=1S/C18H13ClN4O/c1-2-15-22-16-17(21-13-9-8-12(19)10-14(13)20-16)23(15)18(24)11-6-4-3-5-7-11/h3-10H,2H2,1H3. The number of rotatable bonds is 2. The van der Waals surface area contributed by atoms with E-state index in [9.17, 15) is 4.79 Å². The maximum atomic E-state index is 12.9. The quantitative estimate of drug-likeness (QED) is 0.557. The number of aromatic nitrogens is 4. The lowest BCUT2D eigenvalue weighted by molar-refractivity contribution is 0.0961. The second kappa shape index (κ2) is 5.69. The van der Waals surface area contributed by atoms with E-state index in [1.54, 1.807) is 34.9 Å². The molecule has 2 aromatic heterocycles. The summed E-state index contributed by atoms with van der Waals surface area (Å²) in [5, 5.41) is 0.589. The monoisotopic (exact) mass is 336 g/mol. The van der Waals surface area contributed by atoms with Gasteiger partial charge in [-0.05, 0) is 30.3 Å². The van der Waals surface area contributed by atoms with E-state index in [0.29, 0.717) is 45.2 Å². The van der Waals surface area contributed by atoms with Crippen LogP contribution in [0.5, 0.6) is 0 Å². The van der Waals surface area contributed by atoms with Gasteiger partial charge in [0.25, 0.3) is 5.91 Å². The summed E-state index contributed by atoms with van der Waals surface area (Å²) in [6.45, 7) is 1.95. The predicted molar refractivity (Wildman–Crippen MR) is 93.4 cm³/mol. The van der Waals surface area contributed by atoms with Crippen LogP contribution in [-0.2, 0) is 6.42 Å². The zero-order chi connectivity index (χ0) is 16.7. The third-order valence-electron chi connectivity index (χ3n) is 3.84. The molecule has 0 fully saturated rings. The van der Waals surface area contributed by atoms with Crippen LogP contribution in [0.2, 0.25) is 5.02 Å². The number of halogens is 1. The van der Waals surface area contributed by atoms with Crippen molar-refractivity contribution in [3.8, 4) is 0 Å². The van der Waals surface area contributed by atoms with E-state index in [2.05, 4.69) is 15.0 Å². The molecule has 0 unspecified atom stereocenters. The molecular formula is C18H13ClN4O. The Labute approximate surface area is 142 Å². The molecule has 0 aliphatic rings. The topological polar surface area (TPSA) is 60.7 Å². The molecule has 0 N–H and O–H groups in total. The van der Waals surface area contributed by atoms with Gasteiger partial charge in [-0.3, -0.25) is 4.79 Å². The highest BCUT2D eigenvalue weighted by molar-refractivity contribution is 6.31. The van der Waals surface area contributed by atoms with Crippen molar-refractivity contribution in [2.75, 3.05) is 0 Å². The molecular weight excluding hydrogens is 324 g/mol. The lowest BCUT2D eigenvalue weighted by Gasteiger charge is -2.06. The number of hydrogen-bond acceptors (Lipinski definition) is 4. The van der Waals surface area contributed by atoms with E-state index in [-0.39, 0.29) is 5.91 Å². The SMILES string of the molecule is CCc1nc2nc3cc(Cl)ccc3nc2n1C(=O)c1ccccc1. The van der Waals surface area contributed by atoms with Gasteiger partial charge in [0.2, 0.25) is 0 Å².